The maximum atomic E-state index is 5.98. The molecule has 3 aliphatic rings. The van der Waals surface area contributed by atoms with Gasteiger partial charge in [0.1, 0.15) is 24.7 Å². The van der Waals surface area contributed by atoms with Gasteiger partial charge < -0.3 is 19.7 Å². The fourth-order valence-corrected chi connectivity index (χ4v) is 4.91. The summed E-state index contributed by atoms with van der Waals surface area (Å²) in [6, 6.07) is 6.70. The van der Waals surface area contributed by atoms with Gasteiger partial charge in [-0.05, 0) is 87.8 Å². The van der Waals surface area contributed by atoms with Gasteiger partial charge in [-0.25, -0.2) is 0 Å². The number of ether oxygens (including phenoxy) is 2. The monoisotopic (exact) mass is 446 g/mol. The highest BCUT2D eigenvalue weighted by Gasteiger charge is 2.28. The predicted octanol–water partition coefficient (Wildman–Crippen LogP) is 5.16. The molecular weight excluding hydrogens is 408 g/mol. The third kappa shape index (κ3) is 6.07. The number of nitrogens with one attached hydrogen (secondary N) is 1. The van der Waals surface area contributed by atoms with E-state index in [1.165, 1.54) is 16.7 Å². The Kier molecular flexibility index (Phi) is 8.25. The average Bonchev–Trinajstić information content (AvgIpc) is 2.84. The van der Waals surface area contributed by atoms with Crippen LogP contribution in [0.25, 0.3) is 5.57 Å². The van der Waals surface area contributed by atoms with E-state index in [0.29, 0.717) is 18.4 Å². The van der Waals surface area contributed by atoms with Gasteiger partial charge >= 0.3 is 0 Å². The zero-order valence-corrected chi connectivity index (χ0v) is 20.3. The summed E-state index contributed by atoms with van der Waals surface area (Å²) < 4.78 is 11.9. The highest BCUT2D eigenvalue weighted by molar-refractivity contribution is 5.77. The molecule has 0 bridgehead atoms. The average molecular weight is 447 g/mol. The molecule has 2 atom stereocenters. The molecule has 0 aliphatic heterocycles. The molecule has 4 rings (SSSR count). The van der Waals surface area contributed by atoms with E-state index < -0.39 is 0 Å². The predicted molar refractivity (Wildman–Crippen MR) is 137 cm³/mol. The molecule has 0 radical (unpaired) electrons. The van der Waals surface area contributed by atoms with Gasteiger partial charge in [0.25, 0.3) is 0 Å². The van der Waals surface area contributed by atoms with Crippen LogP contribution in [0.5, 0.6) is 5.75 Å². The molecule has 2 unspecified atom stereocenters. The molecule has 0 spiro atoms. The summed E-state index contributed by atoms with van der Waals surface area (Å²) >= 11 is 0. The molecule has 0 aromatic heterocycles. The zero-order chi connectivity index (χ0) is 23.0. The van der Waals surface area contributed by atoms with Crippen molar-refractivity contribution in [2.75, 3.05) is 47.4 Å². The standard InChI is InChI=1S/C29H38N2O2/c1-30-17-19-32-26-14-16-28-24(21-26)11-15-27(22-7-5-4-6-8-22)29(28)23-9-12-25(13-10-23)33-20-18-31(2)3/h4-7,9,12-14,16,21-23,30H,8,10-11,15,17-20H2,1-3H3. The largest absolute Gasteiger partial charge is 0.493 e. The van der Waals surface area contributed by atoms with Crippen LogP contribution >= 0.6 is 0 Å². The normalized spacial score (nSPS) is 21.9. The van der Waals surface area contributed by atoms with Crippen molar-refractivity contribution in [1.29, 1.82) is 0 Å². The van der Waals surface area contributed by atoms with Crippen LogP contribution in [0.2, 0.25) is 0 Å². The van der Waals surface area contributed by atoms with Crippen LogP contribution in [0, 0.1) is 11.8 Å². The summed E-state index contributed by atoms with van der Waals surface area (Å²) in [6.07, 6.45) is 20.1. The molecule has 0 fully saturated rings. The molecule has 176 valence electrons. The van der Waals surface area contributed by atoms with Crippen molar-refractivity contribution in [2.45, 2.75) is 25.7 Å². The number of aryl methyl sites for hydroxylation is 1. The van der Waals surface area contributed by atoms with Gasteiger partial charge in [0.15, 0.2) is 0 Å². The van der Waals surface area contributed by atoms with Crippen molar-refractivity contribution in [3.8, 4) is 5.75 Å². The van der Waals surface area contributed by atoms with Crippen molar-refractivity contribution < 1.29 is 9.47 Å². The maximum absolute atomic E-state index is 5.98. The summed E-state index contributed by atoms with van der Waals surface area (Å²) in [6.45, 7) is 3.19. The summed E-state index contributed by atoms with van der Waals surface area (Å²) in [5.74, 6) is 2.86. The SMILES string of the molecule is CNCCOc1ccc2c(c1)CCC(C1C=CC=CC1)=C2C1C=CC(OCCN(C)C)=CC1. The Morgan fingerprint density at radius 1 is 1.00 bits per heavy atom. The number of hydrogen-bond acceptors (Lipinski definition) is 4. The van der Waals surface area contributed by atoms with E-state index in [9.17, 15) is 0 Å². The highest BCUT2D eigenvalue weighted by Crippen LogP contribution is 2.44. The van der Waals surface area contributed by atoms with E-state index in [4.69, 9.17) is 9.47 Å². The van der Waals surface area contributed by atoms with E-state index in [1.54, 1.807) is 5.57 Å². The molecule has 3 aliphatic carbocycles. The van der Waals surface area contributed by atoms with Crippen molar-refractivity contribution >= 4 is 5.57 Å². The first kappa shape index (κ1) is 23.6. The molecule has 0 saturated heterocycles. The summed E-state index contributed by atoms with van der Waals surface area (Å²) in [7, 11) is 6.10. The van der Waals surface area contributed by atoms with Crippen LogP contribution in [0.15, 0.2) is 72.1 Å². The van der Waals surface area contributed by atoms with E-state index in [0.717, 1.165) is 56.9 Å². The van der Waals surface area contributed by atoms with Gasteiger partial charge in [0, 0.05) is 24.9 Å². The van der Waals surface area contributed by atoms with Crippen LogP contribution in [-0.2, 0) is 11.2 Å². The van der Waals surface area contributed by atoms with E-state index in [2.05, 4.69) is 85.0 Å². The highest BCUT2D eigenvalue weighted by atomic mass is 16.5. The lowest BCUT2D eigenvalue weighted by molar-refractivity contribution is 0.191. The van der Waals surface area contributed by atoms with Crippen LogP contribution in [-0.4, -0.2) is 52.3 Å². The number of nitrogens with zero attached hydrogens (tertiary/aromatic N) is 1. The minimum absolute atomic E-state index is 0.385. The molecule has 1 N–H and O–H groups in total. The molecule has 1 aromatic carbocycles. The smallest absolute Gasteiger partial charge is 0.119 e. The molecular formula is C29H38N2O2. The van der Waals surface area contributed by atoms with Crippen LogP contribution in [0.3, 0.4) is 0 Å². The Morgan fingerprint density at radius 3 is 2.64 bits per heavy atom. The first-order chi connectivity index (χ1) is 16.2. The van der Waals surface area contributed by atoms with E-state index in [1.807, 2.05) is 7.05 Å². The Morgan fingerprint density at radius 2 is 1.91 bits per heavy atom. The Bertz CT molecular complexity index is 968. The number of likely N-dealkylation sites (N-methyl/N-ethyl adjacent to an activating group) is 2. The molecule has 1 aromatic rings. The lowest BCUT2D eigenvalue weighted by Gasteiger charge is -2.32. The third-order valence-electron chi connectivity index (χ3n) is 6.67. The molecule has 4 heteroatoms. The van der Waals surface area contributed by atoms with Crippen LogP contribution in [0.4, 0.5) is 0 Å². The third-order valence-corrected chi connectivity index (χ3v) is 6.67. The lowest BCUT2D eigenvalue weighted by Crippen LogP contribution is -2.19. The zero-order valence-electron chi connectivity index (χ0n) is 20.3. The fourth-order valence-electron chi connectivity index (χ4n) is 4.91. The van der Waals surface area contributed by atoms with Crippen molar-refractivity contribution in [1.82, 2.24) is 10.2 Å². The first-order valence-corrected chi connectivity index (χ1v) is 12.3. The van der Waals surface area contributed by atoms with Crippen LogP contribution < -0.4 is 10.1 Å². The van der Waals surface area contributed by atoms with Crippen molar-refractivity contribution in [2.24, 2.45) is 11.8 Å². The maximum Gasteiger partial charge on any atom is 0.119 e. The number of fused-ring (bicyclic) bond motifs is 1. The van der Waals surface area contributed by atoms with Crippen LogP contribution in [0.1, 0.15) is 30.4 Å². The molecule has 4 nitrogen and oxygen atoms in total. The van der Waals surface area contributed by atoms with Gasteiger partial charge in [-0.1, -0.05) is 42.0 Å². The van der Waals surface area contributed by atoms with Gasteiger partial charge in [0.05, 0.1) is 0 Å². The van der Waals surface area contributed by atoms with Gasteiger partial charge in [-0.15, -0.1) is 0 Å². The van der Waals surface area contributed by atoms with E-state index >= 15 is 0 Å². The van der Waals surface area contributed by atoms with Gasteiger partial charge in [0.2, 0.25) is 0 Å². The second kappa shape index (κ2) is 11.5. The molecule has 0 saturated carbocycles. The topological polar surface area (TPSA) is 33.7 Å². The number of benzene rings is 1. The summed E-state index contributed by atoms with van der Waals surface area (Å²) in [5, 5.41) is 3.14. The quantitative estimate of drug-likeness (QED) is 0.504. The minimum atomic E-state index is 0.385. The summed E-state index contributed by atoms with van der Waals surface area (Å²) in [5.41, 5.74) is 5.94. The second-order valence-corrected chi connectivity index (χ2v) is 9.32. The number of hydrogen-bond donors (Lipinski definition) is 1. The Hall–Kier alpha value is -2.56. The molecule has 0 heterocycles. The molecule has 33 heavy (non-hydrogen) atoms. The van der Waals surface area contributed by atoms with Gasteiger partial charge in [-0.3, -0.25) is 0 Å². The van der Waals surface area contributed by atoms with Gasteiger partial charge in [-0.2, -0.15) is 0 Å². The van der Waals surface area contributed by atoms with Crippen molar-refractivity contribution in [3.63, 3.8) is 0 Å². The minimum Gasteiger partial charge on any atom is -0.493 e. The molecule has 0 amide bonds. The van der Waals surface area contributed by atoms with E-state index in [-0.39, 0.29) is 0 Å². The first-order valence-electron chi connectivity index (χ1n) is 12.3. The second-order valence-electron chi connectivity index (χ2n) is 9.32. The number of rotatable bonds is 10. The fraction of sp³-hybridized carbons (Fsp3) is 0.448. The Labute approximate surface area is 199 Å². The Balaban J connectivity index is 1.58. The lowest BCUT2D eigenvalue weighted by atomic mass is 9.72. The summed E-state index contributed by atoms with van der Waals surface area (Å²) in [4.78, 5) is 2.15. The number of allylic oxidation sites excluding steroid dienone is 9. The van der Waals surface area contributed by atoms with Crippen molar-refractivity contribution in [3.05, 3.63) is 83.2 Å².